The average Bonchev–Trinajstić information content (AvgIpc) is 2.84. The van der Waals surface area contributed by atoms with Crippen molar-refractivity contribution in [2.45, 2.75) is 83.8 Å². The van der Waals surface area contributed by atoms with E-state index in [1.807, 2.05) is 0 Å². The molecule has 0 radical (unpaired) electrons. The first kappa shape index (κ1) is 15.9. The molecular formula is C19H32N3O-. The van der Waals surface area contributed by atoms with Gasteiger partial charge in [0.2, 0.25) is 0 Å². The van der Waals surface area contributed by atoms with Crippen molar-refractivity contribution in [1.82, 2.24) is 5.43 Å². The Morgan fingerprint density at radius 1 is 0.957 bits per heavy atom. The molecule has 0 spiro atoms. The summed E-state index contributed by atoms with van der Waals surface area (Å²) in [5.41, 5.74) is 12.4. The van der Waals surface area contributed by atoms with Gasteiger partial charge in [-0.25, -0.2) is 0 Å². The number of hydrogen-bond acceptors (Lipinski definition) is 2. The van der Waals surface area contributed by atoms with E-state index in [0.29, 0.717) is 11.5 Å². The van der Waals surface area contributed by atoms with Crippen LogP contribution in [0.5, 0.6) is 0 Å². The molecule has 0 heterocycles. The number of fused-ring (bicyclic) bond motifs is 5. The van der Waals surface area contributed by atoms with Gasteiger partial charge >= 0.3 is 0 Å². The monoisotopic (exact) mass is 318 g/mol. The third-order valence-electron chi connectivity index (χ3n) is 8.86. The smallest absolute Gasteiger partial charge is 0.0596 e. The molecule has 130 valence electrons. The highest BCUT2D eigenvalue weighted by molar-refractivity contribution is 5.09. The zero-order valence-electron chi connectivity index (χ0n) is 14.7. The molecule has 4 aliphatic rings. The molecule has 4 rings (SSSR count). The van der Waals surface area contributed by atoms with Crippen LogP contribution in [0, 0.1) is 34.5 Å². The van der Waals surface area contributed by atoms with Crippen molar-refractivity contribution in [3.63, 3.8) is 0 Å². The van der Waals surface area contributed by atoms with Crippen LogP contribution >= 0.6 is 0 Å². The van der Waals surface area contributed by atoms with Gasteiger partial charge in [0.25, 0.3) is 0 Å². The van der Waals surface area contributed by atoms with E-state index < -0.39 is 0 Å². The molecule has 0 amide bonds. The van der Waals surface area contributed by atoms with Crippen LogP contribution < -0.4 is 5.43 Å². The highest BCUT2D eigenvalue weighted by atomic mass is 16.3. The minimum Gasteiger partial charge on any atom is -0.411 e. The Labute approximate surface area is 140 Å². The molecule has 4 fully saturated rings. The topological polar surface area (TPSA) is 66.9 Å². The molecule has 4 aliphatic carbocycles. The second-order valence-electron chi connectivity index (χ2n) is 9.49. The van der Waals surface area contributed by atoms with Crippen molar-refractivity contribution in [2.24, 2.45) is 39.7 Å². The van der Waals surface area contributed by atoms with Crippen LogP contribution in [-0.2, 0) is 0 Å². The van der Waals surface area contributed by atoms with E-state index in [9.17, 15) is 5.11 Å². The minimum atomic E-state index is -0.0647. The van der Waals surface area contributed by atoms with Gasteiger partial charge in [-0.2, -0.15) is 0 Å². The number of aliphatic hydroxyl groups excluding tert-OH is 1. The number of rotatable bonds is 2. The van der Waals surface area contributed by atoms with Gasteiger partial charge in [0, 0.05) is 0 Å². The molecule has 0 aromatic rings. The van der Waals surface area contributed by atoms with Gasteiger partial charge in [-0.3, -0.25) is 5.22 Å². The molecule has 2 N–H and O–H groups in total. The van der Waals surface area contributed by atoms with Gasteiger partial charge in [0.15, 0.2) is 0 Å². The Balaban J connectivity index is 1.56. The highest BCUT2D eigenvalue weighted by Gasteiger charge is 2.59. The Hall–Kier alpha value is -0.640. The van der Waals surface area contributed by atoms with Crippen LogP contribution in [0.15, 0.2) is 5.22 Å². The van der Waals surface area contributed by atoms with Crippen molar-refractivity contribution in [1.29, 1.82) is 0 Å². The van der Waals surface area contributed by atoms with Gasteiger partial charge in [-0.1, -0.05) is 13.8 Å². The van der Waals surface area contributed by atoms with Gasteiger partial charge in [-0.05, 0) is 98.3 Å². The summed E-state index contributed by atoms with van der Waals surface area (Å²) in [6, 6.07) is 0.358. The highest BCUT2D eigenvalue weighted by Crippen LogP contribution is 2.66. The Morgan fingerprint density at radius 2 is 1.70 bits per heavy atom. The maximum atomic E-state index is 10.5. The Bertz CT molecular complexity index is 483. The molecule has 8 atom stereocenters. The predicted octanol–water partition coefficient (Wildman–Crippen LogP) is 4.28. The average molecular weight is 318 g/mol. The van der Waals surface area contributed by atoms with Gasteiger partial charge in [0.05, 0.1) is 6.10 Å². The van der Waals surface area contributed by atoms with Crippen molar-refractivity contribution in [2.75, 3.05) is 0 Å². The normalized spacial score (nSPS) is 55.4. The maximum Gasteiger partial charge on any atom is 0.0596 e. The Kier molecular flexibility index (Phi) is 3.75. The van der Waals surface area contributed by atoms with E-state index in [1.165, 1.54) is 38.5 Å². The summed E-state index contributed by atoms with van der Waals surface area (Å²) in [5.74, 6) is 3.19. The van der Waals surface area contributed by atoms with E-state index in [-0.39, 0.29) is 11.5 Å². The standard InChI is InChI=1S/C19H32N3O/c1-18-9-7-13(21-22-20)11-12(18)3-4-14-15-5-6-17(23)19(15,2)10-8-16(14)18/h12-17,23H,3-11H2,1-2H3,(H-,20,21)/q-1/t12-,13+,14+,15+,16+,17+,18-,19-/m0/s1. The summed E-state index contributed by atoms with van der Waals surface area (Å²) in [5, 5.41) is 13.7. The summed E-state index contributed by atoms with van der Waals surface area (Å²) in [7, 11) is 0. The fourth-order valence-corrected chi connectivity index (χ4v) is 7.43. The quantitative estimate of drug-likeness (QED) is 0.589. The van der Waals surface area contributed by atoms with Crippen LogP contribution in [0.4, 0.5) is 0 Å². The van der Waals surface area contributed by atoms with Crippen LogP contribution in [0.3, 0.4) is 0 Å². The lowest BCUT2D eigenvalue weighted by Crippen LogP contribution is -2.55. The summed E-state index contributed by atoms with van der Waals surface area (Å²) < 4.78 is 0. The van der Waals surface area contributed by atoms with E-state index in [2.05, 4.69) is 24.5 Å². The van der Waals surface area contributed by atoms with Crippen molar-refractivity contribution < 1.29 is 5.11 Å². The minimum absolute atomic E-state index is 0.0647. The van der Waals surface area contributed by atoms with Crippen LogP contribution in [0.1, 0.15) is 71.6 Å². The van der Waals surface area contributed by atoms with Crippen molar-refractivity contribution in [3.8, 4) is 0 Å². The lowest BCUT2D eigenvalue weighted by molar-refractivity contribution is -0.123. The number of nitrogens with one attached hydrogen (secondary N) is 1. The first-order valence-electron chi connectivity index (χ1n) is 9.76. The lowest BCUT2D eigenvalue weighted by Gasteiger charge is -2.61. The van der Waals surface area contributed by atoms with Crippen molar-refractivity contribution in [3.05, 3.63) is 5.53 Å². The molecule has 4 nitrogen and oxygen atoms in total. The maximum absolute atomic E-state index is 10.5. The number of aliphatic hydroxyl groups is 1. The molecule has 0 aliphatic heterocycles. The molecule has 0 aromatic carbocycles. The van der Waals surface area contributed by atoms with E-state index in [1.54, 1.807) is 0 Å². The molecular weight excluding hydrogens is 286 g/mol. The molecule has 23 heavy (non-hydrogen) atoms. The molecule has 0 aromatic heterocycles. The first-order chi connectivity index (χ1) is 11.0. The summed E-state index contributed by atoms with van der Waals surface area (Å²) in [4.78, 5) is 0. The second-order valence-corrected chi connectivity index (χ2v) is 9.49. The molecule has 0 saturated heterocycles. The zero-order chi connectivity index (χ0) is 16.2. The molecule has 0 bridgehead atoms. The zero-order valence-corrected chi connectivity index (χ0v) is 14.7. The first-order valence-corrected chi connectivity index (χ1v) is 9.76. The third-order valence-corrected chi connectivity index (χ3v) is 8.86. The third kappa shape index (κ3) is 2.20. The molecule has 4 heteroatoms. The summed E-state index contributed by atoms with van der Waals surface area (Å²) in [6.45, 7) is 4.92. The van der Waals surface area contributed by atoms with E-state index in [4.69, 9.17) is 5.53 Å². The van der Waals surface area contributed by atoms with E-state index >= 15 is 0 Å². The molecule has 0 unspecified atom stereocenters. The van der Waals surface area contributed by atoms with Crippen molar-refractivity contribution >= 4 is 0 Å². The van der Waals surface area contributed by atoms with Crippen LogP contribution in [0.2, 0.25) is 0 Å². The van der Waals surface area contributed by atoms with Crippen LogP contribution in [-0.4, -0.2) is 17.3 Å². The fourth-order valence-electron chi connectivity index (χ4n) is 7.43. The van der Waals surface area contributed by atoms with Gasteiger partial charge < -0.3 is 16.1 Å². The van der Waals surface area contributed by atoms with Crippen LogP contribution in [0.25, 0.3) is 5.53 Å². The summed E-state index contributed by atoms with van der Waals surface area (Å²) in [6.07, 6.45) is 11.0. The second kappa shape index (κ2) is 5.44. The fraction of sp³-hybridized carbons (Fsp3) is 1.00. The summed E-state index contributed by atoms with van der Waals surface area (Å²) >= 11 is 0. The van der Waals surface area contributed by atoms with Gasteiger partial charge in [-0.15, -0.1) is 0 Å². The number of hydrogen-bond donors (Lipinski definition) is 2. The SMILES string of the molecule is C[C@]12CC[C@@H](NN=[N-])C[C@@H]1CC[C@H]1[C@H]2CC[C@]2(C)[C@H](O)CC[C@H]12. The number of nitrogens with zero attached hydrogens (tertiary/aromatic N) is 2. The lowest BCUT2D eigenvalue weighted by atomic mass is 9.45. The largest absolute Gasteiger partial charge is 0.411 e. The predicted molar refractivity (Wildman–Crippen MR) is 90.4 cm³/mol. The Morgan fingerprint density at radius 3 is 2.48 bits per heavy atom. The van der Waals surface area contributed by atoms with E-state index in [0.717, 1.165) is 42.9 Å². The van der Waals surface area contributed by atoms with Gasteiger partial charge in [0.1, 0.15) is 0 Å². The molecule has 4 saturated carbocycles.